The van der Waals surface area contributed by atoms with Gasteiger partial charge < -0.3 is 13.9 Å². The van der Waals surface area contributed by atoms with Crippen LogP contribution < -0.4 is 15.1 Å². The summed E-state index contributed by atoms with van der Waals surface area (Å²) in [5, 5.41) is 2.30. The van der Waals surface area contributed by atoms with E-state index in [1.165, 1.54) is 10.4 Å². The molecule has 0 radical (unpaired) electrons. The van der Waals surface area contributed by atoms with E-state index in [9.17, 15) is 4.79 Å². The summed E-state index contributed by atoms with van der Waals surface area (Å²) in [6, 6.07) is 28.7. The summed E-state index contributed by atoms with van der Waals surface area (Å²) in [6.45, 7) is 13.1. The number of ketones is 1. The van der Waals surface area contributed by atoms with Crippen LogP contribution in [0.2, 0.25) is 5.04 Å². The highest BCUT2D eigenvalue weighted by Crippen LogP contribution is 2.37. The molecule has 0 spiro atoms. The van der Waals surface area contributed by atoms with Gasteiger partial charge in [0.15, 0.2) is 5.78 Å². The number of benzene rings is 3. The second kappa shape index (κ2) is 12.3. The first-order valence-electron chi connectivity index (χ1n) is 12.4. The Morgan fingerprint density at radius 1 is 0.889 bits per heavy atom. The van der Waals surface area contributed by atoms with Crippen LogP contribution in [0.5, 0.6) is 5.75 Å². The van der Waals surface area contributed by atoms with Gasteiger partial charge in [0.1, 0.15) is 11.9 Å². The molecule has 0 unspecified atom stereocenters. The van der Waals surface area contributed by atoms with Crippen molar-refractivity contribution in [2.45, 2.75) is 51.9 Å². The summed E-state index contributed by atoms with van der Waals surface area (Å²) in [5.41, 5.74) is 1.46. The van der Waals surface area contributed by atoms with Gasteiger partial charge in [-0.3, -0.25) is 4.79 Å². The van der Waals surface area contributed by atoms with E-state index in [4.69, 9.17) is 13.9 Å². The first-order chi connectivity index (χ1) is 17.2. The maximum atomic E-state index is 13.0. The molecule has 0 amide bonds. The zero-order valence-electron chi connectivity index (χ0n) is 22.1. The molecule has 0 saturated heterocycles. The molecule has 1 atom stereocenters. The molecule has 4 nitrogen and oxygen atoms in total. The third-order valence-corrected chi connectivity index (χ3v) is 11.5. The largest absolute Gasteiger partial charge is 0.497 e. The van der Waals surface area contributed by atoms with Crippen LogP contribution in [0, 0.1) is 0 Å². The zero-order chi connectivity index (χ0) is 26.2. The molecule has 0 aliphatic heterocycles. The number of carbonyl (C=O) groups is 1. The van der Waals surface area contributed by atoms with Gasteiger partial charge in [0.25, 0.3) is 8.32 Å². The fourth-order valence-corrected chi connectivity index (χ4v) is 9.14. The van der Waals surface area contributed by atoms with Crippen molar-refractivity contribution in [3.63, 3.8) is 0 Å². The topological polar surface area (TPSA) is 44.8 Å². The third kappa shape index (κ3) is 6.41. The van der Waals surface area contributed by atoms with E-state index in [-0.39, 0.29) is 10.8 Å². The molecule has 3 aromatic rings. The molecule has 0 saturated carbocycles. The standard InChI is InChI=1S/C31H38O4Si/c1-24(2)30(32)29(34-23-25-17-19-26(33-6)20-18-25)21-22-35-36(31(3,4)5,27-13-9-7-10-14-27)28-15-11-8-12-16-28/h7-20,29H,1,21-23H2,2-6H3/t29-/m0/s1. The lowest BCUT2D eigenvalue weighted by molar-refractivity contribution is -0.128. The van der Waals surface area contributed by atoms with Crippen molar-refractivity contribution in [2.75, 3.05) is 13.7 Å². The first-order valence-corrected chi connectivity index (χ1v) is 14.3. The Morgan fingerprint density at radius 2 is 1.42 bits per heavy atom. The van der Waals surface area contributed by atoms with E-state index in [1.54, 1.807) is 14.0 Å². The van der Waals surface area contributed by atoms with Crippen molar-refractivity contribution in [1.82, 2.24) is 0 Å². The summed E-state index contributed by atoms with van der Waals surface area (Å²) in [4.78, 5) is 13.0. The Hall–Kier alpha value is -2.99. The van der Waals surface area contributed by atoms with Crippen molar-refractivity contribution in [3.8, 4) is 5.75 Å². The van der Waals surface area contributed by atoms with Gasteiger partial charge in [-0.25, -0.2) is 0 Å². The van der Waals surface area contributed by atoms with Crippen LogP contribution in [-0.4, -0.2) is 33.9 Å². The summed E-state index contributed by atoms with van der Waals surface area (Å²) >= 11 is 0. The molecule has 0 N–H and O–H groups in total. The van der Waals surface area contributed by atoms with E-state index in [1.807, 2.05) is 36.4 Å². The minimum Gasteiger partial charge on any atom is -0.497 e. The molecule has 0 fully saturated rings. The van der Waals surface area contributed by atoms with E-state index >= 15 is 0 Å². The Morgan fingerprint density at radius 3 is 1.86 bits per heavy atom. The molecular formula is C31H38O4Si. The molecule has 0 aliphatic carbocycles. The lowest BCUT2D eigenvalue weighted by Gasteiger charge is -2.43. The minimum atomic E-state index is -2.68. The molecule has 0 aromatic heterocycles. The predicted octanol–water partition coefficient (Wildman–Crippen LogP) is 5.69. The van der Waals surface area contributed by atoms with E-state index < -0.39 is 14.4 Å². The molecule has 3 aromatic carbocycles. The smallest absolute Gasteiger partial charge is 0.261 e. The number of methoxy groups -OCH3 is 1. The number of ether oxygens (including phenoxy) is 2. The molecular weight excluding hydrogens is 464 g/mol. The van der Waals surface area contributed by atoms with Gasteiger partial charge in [-0.1, -0.05) is 100 Å². The van der Waals surface area contributed by atoms with Crippen molar-refractivity contribution < 1.29 is 18.7 Å². The van der Waals surface area contributed by atoms with Gasteiger partial charge in [0.05, 0.1) is 13.7 Å². The highest BCUT2D eigenvalue weighted by atomic mass is 28.4. The fraction of sp³-hybridized carbons (Fsp3) is 0.323. The average Bonchev–Trinajstić information content (AvgIpc) is 2.88. The molecule has 3 rings (SSSR count). The molecule has 36 heavy (non-hydrogen) atoms. The Bertz CT molecular complexity index is 1080. The molecule has 0 aliphatic rings. The Kier molecular flexibility index (Phi) is 9.43. The maximum Gasteiger partial charge on any atom is 0.261 e. The van der Waals surface area contributed by atoms with Crippen LogP contribution in [0.15, 0.2) is 97.1 Å². The second-order valence-electron chi connectivity index (χ2n) is 10.1. The fourth-order valence-electron chi connectivity index (χ4n) is 4.56. The van der Waals surface area contributed by atoms with E-state index in [2.05, 4.69) is 75.9 Å². The molecule has 190 valence electrons. The quantitative estimate of drug-likeness (QED) is 0.236. The lowest BCUT2D eigenvalue weighted by atomic mass is 10.1. The van der Waals surface area contributed by atoms with Crippen LogP contribution in [0.25, 0.3) is 0 Å². The van der Waals surface area contributed by atoms with Crippen molar-refractivity contribution in [3.05, 3.63) is 103 Å². The average molecular weight is 503 g/mol. The van der Waals surface area contributed by atoms with Crippen molar-refractivity contribution >= 4 is 24.5 Å². The SMILES string of the molecule is C=C(C)C(=O)[C@H](CCO[Si](c1ccccc1)(c1ccccc1)C(C)(C)C)OCc1ccc(OC)cc1. The van der Waals surface area contributed by atoms with Crippen LogP contribution in [0.4, 0.5) is 0 Å². The number of rotatable bonds is 12. The first kappa shape index (κ1) is 27.6. The predicted molar refractivity (Wildman–Crippen MR) is 150 cm³/mol. The highest BCUT2D eigenvalue weighted by molar-refractivity contribution is 6.99. The van der Waals surface area contributed by atoms with Gasteiger partial charge in [0.2, 0.25) is 0 Å². The summed E-state index contributed by atoms with van der Waals surface area (Å²) in [7, 11) is -1.04. The van der Waals surface area contributed by atoms with Gasteiger partial charge in [-0.2, -0.15) is 0 Å². The number of hydrogen-bond donors (Lipinski definition) is 0. The third-order valence-electron chi connectivity index (χ3n) is 6.44. The molecule has 0 bridgehead atoms. The van der Waals surface area contributed by atoms with Crippen LogP contribution in [0.3, 0.4) is 0 Å². The van der Waals surface area contributed by atoms with Crippen LogP contribution in [0.1, 0.15) is 39.7 Å². The van der Waals surface area contributed by atoms with Crippen molar-refractivity contribution in [1.29, 1.82) is 0 Å². The van der Waals surface area contributed by atoms with Crippen molar-refractivity contribution in [2.24, 2.45) is 0 Å². The summed E-state index contributed by atoms with van der Waals surface area (Å²) in [6.07, 6.45) is -0.172. The van der Waals surface area contributed by atoms with Crippen LogP contribution in [-0.2, 0) is 20.6 Å². The summed E-state index contributed by atoms with van der Waals surface area (Å²) in [5.74, 6) is 0.696. The van der Waals surface area contributed by atoms with Gasteiger partial charge in [-0.15, -0.1) is 0 Å². The number of carbonyl (C=O) groups excluding carboxylic acids is 1. The minimum absolute atomic E-state index is 0.0884. The highest BCUT2D eigenvalue weighted by Gasteiger charge is 2.50. The number of hydrogen-bond acceptors (Lipinski definition) is 4. The van der Waals surface area contributed by atoms with Gasteiger partial charge in [-0.05, 0) is 45.6 Å². The Labute approximate surface area is 217 Å². The van der Waals surface area contributed by atoms with Gasteiger partial charge in [0, 0.05) is 13.0 Å². The van der Waals surface area contributed by atoms with Gasteiger partial charge >= 0.3 is 0 Å². The van der Waals surface area contributed by atoms with E-state index in [0.29, 0.717) is 25.2 Å². The maximum absolute atomic E-state index is 13.0. The normalized spacial score (nSPS) is 12.7. The summed E-state index contributed by atoms with van der Waals surface area (Å²) < 4.78 is 18.3. The van der Waals surface area contributed by atoms with Crippen LogP contribution >= 0.6 is 0 Å². The molecule has 0 heterocycles. The second-order valence-corrected chi connectivity index (χ2v) is 14.4. The van der Waals surface area contributed by atoms with E-state index in [0.717, 1.165) is 11.3 Å². The lowest BCUT2D eigenvalue weighted by Crippen LogP contribution is -2.66. The molecule has 5 heteroatoms. The Balaban J connectivity index is 1.84. The number of Topliss-reactive ketones (excluding diaryl/α,β-unsaturated/α-hetero) is 1. The monoisotopic (exact) mass is 502 g/mol. The zero-order valence-corrected chi connectivity index (χ0v) is 23.1.